The number of hydrogen-bond acceptors (Lipinski definition) is 3. The molecule has 1 aromatic rings. The molecule has 5 heteroatoms. The predicted octanol–water partition coefficient (Wildman–Crippen LogP) is 3.17. The molecule has 24 heavy (non-hydrogen) atoms. The third kappa shape index (κ3) is 2.66. The summed E-state index contributed by atoms with van der Waals surface area (Å²) in [6, 6.07) is 4.60. The summed E-state index contributed by atoms with van der Waals surface area (Å²) < 4.78 is 0. The molecule has 1 aromatic carbocycles. The second-order valence-corrected chi connectivity index (χ2v) is 8.07. The van der Waals surface area contributed by atoms with Gasteiger partial charge in [0.2, 0.25) is 5.91 Å². The molecule has 0 aliphatic heterocycles. The van der Waals surface area contributed by atoms with Gasteiger partial charge >= 0.3 is 5.97 Å². The van der Waals surface area contributed by atoms with Gasteiger partial charge in [0.25, 0.3) is 0 Å². The van der Waals surface area contributed by atoms with Crippen molar-refractivity contribution in [3.05, 3.63) is 23.8 Å². The summed E-state index contributed by atoms with van der Waals surface area (Å²) in [5.41, 5.74) is 0.611. The highest BCUT2D eigenvalue weighted by molar-refractivity contribution is 5.97. The van der Waals surface area contributed by atoms with Crippen LogP contribution >= 0.6 is 0 Å². The molecule has 128 valence electrons. The van der Waals surface area contributed by atoms with Gasteiger partial charge in [-0.2, -0.15) is 0 Å². The average molecular weight is 329 g/mol. The van der Waals surface area contributed by atoms with E-state index in [1.807, 2.05) is 0 Å². The van der Waals surface area contributed by atoms with E-state index in [9.17, 15) is 14.7 Å². The van der Waals surface area contributed by atoms with Crippen LogP contribution in [0.15, 0.2) is 18.2 Å². The molecule has 5 rings (SSSR count). The molecule has 0 heterocycles. The van der Waals surface area contributed by atoms with E-state index in [0.717, 1.165) is 19.3 Å². The lowest BCUT2D eigenvalue weighted by atomic mass is 9.49. The molecule has 1 amide bonds. The molecule has 4 aliphatic carbocycles. The molecule has 0 aromatic heterocycles. The number of carboxylic acids is 1. The Morgan fingerprint density at radius 1 is 1.08 bits per heavy atom. The van der Waals surface area contributed by atoms with Gasteiger partial charge in [-0.25, -0.2) is 0 Å². The molecule has 0 radical (unpaired) electrons. The van der Waals surface area contributed by atoms with Gasteiger partial charge in [-0.05, 0) is 74.0 Å². The summed E-state index contributed by atoms with van der Waals surface area (Å²) in [4.78, 5) is 23.9. The maximum absolute atomic E-state index is 13.0. The van der Waals surface area contributed by atoms with Crippen LogP contribution in [0.3, 0.4) is 0 Å². The van der Waals surface area contributed by atoms with Gasteiger partial charge in [-0.1, -0.05) is 6.07 Å². The molecule has 4 fully saturated rings. The van der Waals surface area contributed by atoms with Crippen molar-refractivity contribution in [3.63, 3.8) is 0 Å². The zero-order valence-electron chi connectivity index (χ0n) is 13.6. The van der Waals surface area contributed by atoms with E-state index in [1.54, 1.807) is 12.1 Å². The quantitative estimate of drug-likeness (QED) is 0.741. The van der Waals surface area contributed by atoms with E-state index in [0.29, 0.717) is 29.0 Å². The van der Waals surface area contributed by atoms with Crippen molar-refractivity contribution in [1.82, 2.24) is 0 Å². The van der Waals surface area contributed by atoms with Crippen molar-refractivity contribution < 1.29 is 19.8 Å². The van der Waals surface area contributed by atoms with E-state index in [1.165, 1.54) is 25.3 Å². The minimum absolute atomic E-state index is 0.00405. The SMILES string of the molecule is O=C(O)Cc1ccc(O)c(NC(=O)C23CC4CC(CC(C4)C2)C3)c1. The summed E-state index contributed by atoms with van der Waals surface area (Å²) in [6.45, 7) is 0. The van der Waals surface area contributed by atoms with Gasteiger partial charge < -0.3 is 15.5 Å². The molecule has 0 saturated heterocycles. The van der Waals surface area contributed by atoms with Crippen LogP contribution in [0.25, 0.3) is 0 Å². The zero-order valence-corrected chi connectivity index (χ0v) is 13.6. The number of hydrogen-bond donors (Lipinski definition) is 3. The summed E-state index contributed by atoms with van der Waals surface area (Å²) in [5, 5.41) is 21.8. The van der Waals surface area contributed by atoms with Gasteiger partial charge in [0.15, 0.2) is 0 Å². The third-order valence-corrected chi connectivity index (χ3v) is 6.18. The number of phenols is 1. The number of nitrogens with one attached hydrogen (secondary N) is 1. The van der Waals surface area contributed by atoms with Crippen LogP contribution < -0.4 is 5.32 Å². The number of carboxylic acid groups (broad SMARTS) is 1. The molecule has 5 nitrogen and oxygen atoms in total. The van der Waals surface area contributed by atoms with Crippen LogP contribution in [0.1, 0.15) is 44.1 Å². The number of aromatic hydroxyl groups is 1. The van der Waals surface area contributed by atoms with Crippen LogP contribution in [0.2, 0.25) is 0 Å². The molecule has 4 aliphatic rings. The summed E-state index contributed by atoms with van der Waals surface area (Å²) >= 11 is 0. The fraction of sp³-hybridized carbons (Fsp3) is 0.579. The molecule has 0 atom stereocenters. The van der Waals surface area contributed by atoms with Crippen LogP contribution in [-0.2, 0) is 16.0 Å². The average Bonchev–Trinajstić information content (AvgIpc) is 2.48. The van der Waals surface area contributed by atoms with Crippen LogP contribution in [0.4, 0.5) is 5.69 Å². The first-order valence-corrected chi connectivity index (χ1v) is 8.79. The van der Waals surface area contributed by atoms with Crippen molar-refractivity contribution in [2.45, 2.75) is 44.9 Å². The maximum atomic E-state index is 13.0. The Bertz CT molecular complexity index is 661. The van der Waals surface area contributed by atoms with Crippen molar-refractivity contribution in [2.24, 2.45) is 23.2 Å². The lowest BCUT2D eigenvalue weighted by molar-refractivity contribution is -0.140. The first-order chi connectivity index (χ1) is 11.4. The number of anilines is 1. The number of amides is 1. The largest absolute Gasteiger partial charge is 0.506 e. The van der Waals surface area contributed by atoms with Gasteiger partial charge in [0, 0.05) is 0 Å². The Hall–Kier alpha value is -2.04. The number of aliphatic carboxylic acids is 1. The second-order valence-electron chi connectivity index (χ2n) is 8.07. The molecule has 0 spiro atoms. The number of phenolic OH excluding ortho intramolecular Hbond substituents is 1. The van der Waals surface area contributed by atoms with E-state index in [2.05, 4.69) is 5.32 Å². The Kier molecular flexibility index (Phi) is 3.55. The fourth-order valence-corrected chi connectivity index (χ4v) is 5.61. The number of carbonyl (C=O) groups is 2. The van der Waals surface area contributed by atoms with Gasteiger partial charge in [0.05, 0.1) is 17.5 Å². The van der Waals surface area contributed by atoms with E-state index in [4.69, 9.17) is 5.11 Å². The van der Waals surface area contributed by atoms with Crippen LogP contribution in [0, 0.1) is 23.2 Å². The smallest absolute Gasteiger partial charge is 0.307 e. The first-order valence-electron chi connectivity index (χ1n) is 8.79. The zero-order chi connectivity index (χ0) is 16.9. The van der Waals surface area contributed by atoms with Crippen LogP contribution in [0.5, 0.6) is 5.75 Å². The number of carbonyl (C=O) groups excluding carboxylic acids is 1. The maximum Gasteiger partial charge on any atom is 0.307 e. The molecular formula is C19H23NO4. The standard InChI is InChI=1S/C19H23NO4/c21-16-2-1-11(7-17(22)23)6-15(16)20-18(24)19-8-12-3-13(9-19)5-14(4-12)10-19/h1-2,6,12-14,21H,3-5,7-10H2,(H,20,24)(H,22,23). The normalized spacial score (nSPS) is 33.4. The molecular weight excluding hydrogens is 306 g/mol. The molecule has 4 bridgehead atoms. The molecule has 4 saturated carbocycles. The van der Waals surface area contributed by atoms with E-state index >= 15 is 0 Å². The lowest BCUT2D eigenvalue weighted by Crippen LogP contribution is -2.51. The predicted molar refractivity (Wildman–Crippen MR) is 88.7 cm³/mol. The minimum atomic E-state index is -0.931. The summed E-state index contributed by atoms with van der Waals surface area (Å²) in [5.74, 6) is 1.09. The Balaban J connectivity index is 1.55. The van der Waals surface area contributed by atoms with Crippen molar-refractivity contribution in [3.8, 4) is 5.75 Å². The highest BCUT2D eigenvalue weighted by Gasteiger charge is 2.54. The fourth-order valence-electron chi connectivity index (χ4n) is 5.61. The highest BCUT2D eigenvalue weighted by Crippen LogP contribution is 2.60. The topological polar surface area (TPSA) is 86.6 Å². The van der Waals surface area contributed by atoms with Crippen molar-refractivity contribution in [1.29, 1.82) is 0 Å². The summed E-state index contributed by atoms with van der Waals surface area (Å²) in [6.07, 6.45) is 6.56. The number of rotatable bonds is 4. The number of benzene rings is 1. The Labute approximate surface area is 141 Å². The van der Waals surface area contributed by atoms with Crippen molar-refractivity contribution in [2.75, 3.05) is 5.32 Å². The molecule has 3 N–H and O–H groups in total. The highest BCUT2D eigenvalue weighted by atomic mass is 16.4. The monoisotopic (exact) mass is 329 g/mol. The second kappa shape index (κ2) is 5.50. The minimum Gasteiger partial charge on any atom is -0.506 e. The van der Waals surface area contributed by atoms with E-state index < -0.39 is 5.97 Å². The van der Waals surface area contributed by atoms with Crippen molar-refractivity contribution >= 4 is 17.6 Å². The van der Waals surface area contributed by atoms with Gasteiger partial charge in [-0.3, -0.25) is 9.59 Å². The molecule has 0 unspecified atom stereocenters. The summed E-state index contributed by atoms with van der Waals surface area (Å²) in [7, 11) is 0. The lowest BCUT2D eigenvalue weighted by Gasteiger charge is -2.55. The Morgan fingerprint density at radius 2 is 1.67 bits per heavy atom. The Morgan fingerprint density at radius 3 is 2.21 bits per heavy atom. The van der Waals surface area contributed by atoms with Gasteiger partial charge in [-0.15, -0.1) is 0 Å². The third-order valence-electron chi connectivity index (χ3n) is 6.18. The van der Waals surface area contributed by atoms with Gasteiger partial charge in [0.1, 0.15) is 5.75 Å². The van der Waals surface area contributed by atoms with Crippen LogP contribution in [-0.4, -0.2) is 22.1 Å². The van der Waals surface area contributed by atoms with E-state index in [-0.39, 0.29) is 23.5 Å². The first kappa shape index (κ1) is 15.5.